The molecule has 4 rings (SSSR count). The van der Waals surface area contributed by atoms with Crippen molar-refractivity contribution < 1.29 is 37.0 Å². The first kappa shape index (κ1) is 25.8. The molecule has 12 heteroatoms. The van der Waals surface area contributed by atoms with Gasteiger partial charge in [-0.2, -0.15) is 13.2 Å². The number of ether oxygens (including phenoxy) is 1. The number of alkyl halides is 3. The molecule has 2 aromatic rings. The quantitative estimate of drug-likeness (QED) is 0.205. The van der Waals surface area contributed by atoms with E-state index < -0.39 is 61.8 Å². The van der Waals surface area contributed by atoms with Gasteiger partial charge in [0.2, 0.25) is 0 Å². The highest BCUT2D eigenvalue weighted by Crippen LogP contribution is 2.48. The van der Waals surface area contributed by atoms with E-state index in [9.17, 15) is 27.2 Å². The minimum absolute atomic E-state index is 0.00277. The molecular weight excluding hydrogens is 533 g/mol. The number of hydrogen-bond donors (Lipinski definition) is 1. The van der Waals surface area contributed by atoms with Gasteiger partial charge in [-0.1, -0.05) is 47.6 Å². The van der Waals surface area contributed by atoms with Crippen LogP contribution in [0.1, 0.15) is 40.4 Å². The van der Waals surface area contributed by atoms with Crippen molar-refractivity contribution >= 4 is 52.2 Å². The van der Waals surface area contributed by atoms with Crippen LogP contribution >= 0.6 is 35.4 Å². The van der Waals surface area contributed by atoms with Gasteiger partial charge in [0.1, 0.15) is 11.0 Å². The summed E-state index contributed by atoms with van der Waals surface area (Å²) < 4.78 is 63.3. The monoisotopic (exact) mass is 549 g/mol. The zero-order valence-electron chi connectivity index (χ0n) is 18.0. The van der Waals surface area contributed by atoms with Crippen molar-refractivity contribution in [1.82, 2.24) is 4.90 Å². The summed E-state index contributed by atoms with van der Waals surface area (Å²) in [4.78, 5) is 24.9. The number of likely N-dealkylation sites (tertiary alicyclic amines) is 1. The van der Waals surface area contributed by atoms with Crippen molar-refractivity contribution in [3.63, 3.8) is 0 Å². The molecule has 1 amide bonds. The van der Waals surface area contributed by atoms with Gasteiger partial charge in [0, 0.05) is 16.8 Å². The number of nitrogens with zero attached hydrogens (tertiary/aromatic N) is 1. The highest BCUT2D eigenvalue weighted by Gasteiger charge is 2.59. The Morgan fingerprint density at radius 2 is 1.77 bits per heavy atom. The van der Waals surface area contributed by atoms with Gasteiger partial charge >= 0.3 is 12.3 Å². The molecule has 1 atom stereocenters. The van der Waals surface area contributed by atoms with Crippen LogP contribution in [0.15, 0.2) is 30.3 Å². The molecule has 0 saturated carbocycles. The summed E-state index contributed by atoms with van der Waals surface area (Å²) in [5.41, 5.74) is -3.01. The molecule has 0 radical (unpaired) electrons. The lowest BCUT2D eigenvalue weighted by Crippen LogP contribution is -2.60. The molecular formula is C23H17Cl2F4NO4S. The minimum atomic E-state index is -5.02. The zero-order chi connectivity index (χ0) is 25.9. The molecule has 0 aromatic heterocycles. The van der Waals surface area contributed by atoms with Crippen LogP contribution in [0.25, 0.3) is 0 Å². The van der Waals surface area contributed by atoms with Gasteiger partial charge in [-0.05, 0) is 41.8 Å². The summed E-state index contributed by atoms with van der Waals surface area (Å²) >= 11 is 16.5. The van der Waals surface area contributed by atoms with E-state index in [-0.39, 0.29) is 25.3 Å². The van der Waals surface area contributed by atoms with Crippen LogP contribution in [-0.2, 0) is 22.4 Å². The van der Waals surface area contributed by atoms with E-state index in [1.807, 2.05) is 0 Å². The molecule has 5 nitrogen and oxygen atoms in total. The Bertz CT molecular complexity index is 1240. The normalized spacial score (nSPS) is 18.1. The first-order chi connectivity index (χ1) is 16.2. The minimum Gasteiger partial charge on any atom is -0.465 e. The number of thiocarbonyl (C=S) groups is 1. The molecule has 1 unspecified atom stereocenters. The maximum atomic E-state index is 14.5. The van der Waals surface area contributed by atoms with Gasteiger partial charge < -0.3 is 14.7 Å². The van der Waals surface area contributed by atoms with E-state index >= 15 is 0 Å². The van der Waals surface area contributed by atoms with Gasteiger partial charge in [-0.3, -0.25) is 4.79 Å². The number of fused-ring (bicyclic) bond motifs is 2. The number of benzene rings is 2. The summed E-state index contributed by atoms with van der Waals surface area (Å²) in [5.74, 6) is -1.93. The third-order valence-corrected chi connectivity index (χ3v) is 7.47. The predicted octanol–water partition coefficient (Wildman–Crippen LogP) is 6.31. The molecule has 35 heavy (non-hydrogen) atoms. The largest absolute Gasteiger partial charge is 0.465 e. The van der Waals surface area contributed by atoms with Crippen molar-refractivity contribution in [2.45, 2.75) is 37.1 Å². The number of carbonyl (C=O) groups excluding carboxylic acids is 1. The highest BCUT2D eigenvalue weighted by atomic mass is 35.5. The lowest BCUT2D eigenvalue weighted by atomic mass is 9.72. The van der Waals surface area contributed by atoms with Crippen molar-refractivity contribution in [2.24, 2.45) is 0 Å². The smallest absolute Gasteiger partial charge is 0.407 e. The molecule has 0 aliphatic carbocycles. The lowest BCUT2D eigenvalue weighted by Gasteiger charge is -2.45. The van der Waals surface area contributed by atoms with E-state index in [2.05, 4.69) is 0 Å². The number of ketones is 1. The van der Waals surface area contributed by atoms with E-state index in [4.69, 9.17) is 45.3 Å². The number of amides is 1. The van der Waals surface area contributed by atoms with Gasteiger partial charge in [0.25, 0.3) is 0 Å². The number of carboxylic acid groups (broad SMARTS) is 1. The molecule has 186 valence electrons. The fraction of sp³-hybridized carbons (Fsp3) is 0.348. The van der Waals surface area contributed by atoms with Gasteiger partial charge in [0.15, 0.2) is 11.6 Å². The molecule has 0 bridgehead atoms. The molecule has 1 N–H and O–H groups in total. The van der Waals surface area contributed by atoms with Crippen LogP contribution in [0, 0.1) is 5.82 Å². The standard InChI is InChI=1S/C23H17Cl2F4NO4S/c1-11(35)22(23(27,28)29,14-5-16(24)19(26)17(25)6-14)7-18(31)12-2-3-15-13(4-12)8-34-21(15)9-30(10-21)20(32)33/h2-6H,7-10H2,1H3,(H,32,33). The third-order valence-electron chi connectivity index (χ3n) is 6.57. The summed E-state index contributed by atoms with van der Waals surface area (Å²) in [5, 5.41) is 7.84. The molecule has 1 fully saturated rings. The number of carbonyl (C=O) groups is 2. The molecule has 2 aliphatic rings. The van der Waals surface area contributed by atoms with Crippen LogP contribution in [-0.4, -0.2) is 46.0 Å². The molecule has 1 spiro atoms. The van der Waals surface area contributed by atoms with Crippen LogP contribution in [0.2, 0.25) is 10.0 Å². The summed E-state index contributed by atoms with van der Waals surface area (Å²) in [6.45, 7) is 1.39. The lowest BCUT2D eigenvalue weighted by molar-refractivity contribution is -0.168. The van der Waals surface area contributed by atoms with Gasteiger partial charge in [0.05, 0.1) is 29.7 Å². The molecule has 1 saturated heterocycles. The number of rotatable bonds is 5. The van der Waals surface area contributed by atoms with Gasteiger partial charge in [-0.15, -0.1) is 0 Å². The second-order valence-corrected chi connectivity index (χ2v) is 10.0. The SMILES string of the molecule is CC(=S)C(CC(=O)c1ccc2c(c1)COC21CN(C(=O)O)C1)(c1cc(Cl)c(F)c(Cl)c1)C(F)(F)F. The molecule has 2 heterocycles. The summed E-state index contributed by atoms with van der Waals surface area (Å²) in [7, 11) is 0. The van der Waals surface area contributed by atoms with Crippen LogP contribution in [0.5, 0.6) is 0 Å². The Hall–Kier alpha value is -2.27. The Labute approximate surface area is 212 Å². The second kappa shape index (κ2) is 8.69. The van der Waals surface area contributed by atoms with E-state index in [1.54, 1.807) is 6.07 Å². The third kappa shape index (κ3) is 4.10. The Morgan fingerprint density at radius 1 is 1.17 bits per heavy atom. The number of Topliss-reactive ketones (excluding diaryl/α,β-unsaturated/α-hetero) is 1. The fourth-order valence-electron chi connectivity index (χ4n) is 4.63. The van der Waals surface area contributed by atoms with Crippen LogP contribution in [0.4, 0.5) is 22.4 Å². The van der Waals surface area contributed by atoms with Gasteiger partial charge in [-0.25, -0.2) is 9.18 Å². The Balaban J connectivity index is 1.70. The summed E-state index contributed by atoms with van der Waals surface area (Å²) in [6, 6.07) is 5.96. The van der Waals surface area contributed by atoms with Crippen LogP contribution in [0.3, 0.4) is 0 Å². The van der Waals surface area contributed by atoms with Crippen molar-refractivity contribution in [3.8, 4) is 0 Å². The van der Waals surface area contributed by atoms with E-state index in [0.29, 0.717) is 11.1 Å². The van der Waals surface area contributed by atoms with Crippen molar-refractivity contribution in [1.29, 1.82) is 0 Å². The Morgan fingerprint density at radius 3 is 2.29 bits per heavy atom. The molecule has 2 aromatic carbocycles. The second-order valence-electron chi connectivity index (χ2n) is 8.61. The predicted molar refractivity (Wildman–Crippen MR) is 124 cm³/mol. The molecule has 2 aliphatic heterocycles. The maximum absolute atomic E-state index is 14.5. The fourth-order valence-corrected chi connectivity index (χ4v) is 5.42. The highest BCUT2D eigenvalue weighted by molar-refractivity contribution is 7.80. The average Bonchev–Trinajstić information content (AvgIpc) is 3.12. The first-order valence-electron chi connectivity index (χ1n) is 10.2. The Kier molecular flexibility index (Phi) is 6.41. The number of hydrogen-bond acceptors (Lipinski definition) is 4. The first-order valence-corrected chi connectivity index (χ1v) is 11.4. The zero-order valence-corrected chi connectivity index (χ0v) is 20.3. The van der Waals surface area contributed by atoms with E-state index in [0.717, 1.165) is 19.1 Å². The van der Waals surface area contributed by atoms with Crippen molar-refractivity contribution in [2.75, 3.05) is 13.1 Å². The maximum Gasteiger partial charge on any atom is 0.407 e. The topological polar surface area (TPSA) is 66.8 Å². The van der Waals surface area contributed by atoms with Crippen LogP contribution < -0.4 is 0 Å². The summed E-state index contributed by atoms with van der Waals surface area (Å²) in [6.07, 6.45) is -7.18. The number of halogens is 6. The average molecular weight is 550 g/mol. The van der Waals surface area contributed by atoms with Crippen molar-refractivity contribution in [3.05, 3.63) is 68.4 Å². The van der Waals surface area contributed by atoms with E-state index in [1.165, 1.54) is 17.0 Å².